The Labute approximate surface area is 175 Å². The van der Waals surface area contributed by atoms with Crippen LogP contribution in [0.4, 0.5) is 19.2 Å². The zero-order valence-electron chi connectivity index (χ0n) is 16.4. The number of oxazole rings is 1. The largest absolute Gasteiger partial charge is 0.424 e. The van der Waals surface area contributed by atoms with Crippen molar-refractivity contribution in [2.75, 3.05) is 5.32 Å². The van der Waals surface area contributed by atoms with Crippen molar-refractivity contribution >= 4 is 29.9 Å². The summed E-state index contributed by atoms with van der Waals surface area (Å²) in [5.74, 6) is 0.184. The number of Topliss-reactive ketones (excluding diaryl/α,β-unsaturated/α-hetero) is 1. The van der Waals surface area contributed by atoms with E-state index in [-0.39, 0.29) is 17.8 Å². The van der Waals surface area contributed by atoms with Crippen molar-refractivity contribution in [2.45, 2.75) is 44.3 Å². The molecule has 0 fully saturated rings. The number of anilines is 1. The molecule has 6 nitrogen and oxygen atoms in total. The molecule has 160 valence electrons. The number of fused-ring (bicyclic) bond motifs is 1. The number of alkyl halides is 3. The molecule has 2 N–H and O–H groups in total. The first-order valence-corrected chi connectivity index (χ1v) is 10.1. The van der Waals surface area contributed by atoms with Crippen molar-refractivity contribution in [2.24, 2.45) is 4.99 Å². The van der Waals surface area contributed by atoms with Gasteiger partial charge in [-0.15, -0.1) is 0 Å². The van der Waals surface area contributed by atoms with Gasteiger partial charge >= 0.3 is 12.2 Å². The quantitative estimate of drug-likeness (QED) is 0.768. The third-order valence-electron chi connectivity index (χ3n) is 5.53. The Morgan fingerprint density at radius 3 is 2.81 bits per heavy atom. The number of hydrogen-bond acceptors (Lipinski definition) is 6. The number of aromatic nitrogens is 1. The van der Waals surface area contributed by atoms with E-state index in [4.69, 9.17) is 4.42 Å². The molecule has 2 aromatic rings. The second-order valence-corrected chi connectivity index (χ2v) is 7.68. The molecule has 0 saturated heterocycles. The minimum absolute atomic E-state index is 0.102. The van der Waals surface area contributed by atoms with Gasteiger partial charge in [0.15, 0.2) is 11.2 Å². The number of aliphatic imine (C=N–C) groups is 1. The van der Waals surface area contributed by atoms with Crippen molar-refractivity contribution in [3.63, 3.8) is 0 Å². The fourth-order valence-corrected chi connectivity index (χ4v) is 4.09. The third-order valence-corrected chi connectivity index (χ3v) is 5.53. The minimum Gasteiger partial charge on any atom is -0.424 e. The summed E-state index contributed by atoms with van der Waals surface area (Å²) in [5.41, 5.74) is 1.30. The van der Waals surface area contributed by atoms with Gasteiger partial charge in [0.2, 0.25) is 5.96 Å². The number of nitrogens with zero attached hydrogens (tertiary/aromatic N) is 2. The third kappa shape index (κ3) is 3.75. The monoisotopic (exact) mass is 428 g/mol. The number of allylic oxidation sites excluding steroid dienone is 1. The van der Waals surface area contributed by atoms with Gasteiger partial charge < -0.3 is 9.73 Å². The summed E-state index contributed by atoms with van der Waals surface area (Å²) in [7, 11) is 0. The molecule has 0 bridgehead atoms. The first kappa shape index (κ1) is 19.6. The minimum atomic E-state index is -4.48. The molecule has 1 aliphatic heterocycles. The van der Waals surface area contributed by atoms with Crippen molar-refractivity contribution in [1.29, 1.82) is 0 Å². The Balaban J connectivity index is 1.54. The van der Waals surface area contributed by atoms with E-state index in [2.05, 4.69) is 20.6 Å². The van der Waals surface area contributed by atoms with Crippen LogP contribution in [0.3, 0.4) is 0 Å². The lowest BCUT2D eigenvalue weighted by atomic mass is 9.85. The second-order valence-electron chi connectivity index (χ2n) is 7.68. The van der Waals surface area contributed by atoms with Crippen LogP contribution in [0.2, 0.25) is 0 Å². The Kier molecular flexibility index (Phi) is 4.68. The molecule has 1 unspecified atom stereocenters. The zero-order chi connectivity index (χ0) is 21.6. The molecule has 2 heterocycles. The van der Waals surface area contributed by atoms with E-state index in [0.717, 1.165) is 30.3 Å². The van der Waals surface area contributed by atoms with Crippen molar-refractivity contribution < 1.29 is 22.4 Å². The normalized spacial score (nSPS) is 20.7. The highest BCUT2D eigenvalue weighted by Crippen LogP contribution is 2.38. The number of benzene rings is 1. The molecule has 9 heteroatoms. The van der Waals surface area contributed by atoms with E-state index in [9.17, 15) is 18.0 Å². The molecular weight excluding hydrogens is 409 g/mol. The Hall–Kier alpha value is -3.36. The molecular formula is C22H19F3N4O2. The predicted molar refractivity (Wildman–Crippen MR) is 108 cm³/mol. The highest BCUT2D eigenvalue weighted by atomic mass is 19.4. The standard InChI is InChI=1S/C22H19F3N4O2/c23-22(24,25)13-6-3-5-12(11-13)19-18-15(8-4-9-16(18)30)26-20(28-19)29-21-27-14-7-1-2-10-17(14)31-21/h3,5-7,10-11,19H,1-2,4,8-9H2,(H2,26,27,28,29). The van der Waals surface area contributed by atoms with Gasteiger partial charge in [-0.05, 0) is 49.5 Å². The average molecular weight is 428 g/mol. The topological polar surface area (TPSA) is 79.5 Å². The molecule has 1 atom stereocenters. The van der Waals surface area contributed by atoms with Gasteiger partial charge in [0, 0.05) is 17.7 Å². The number of ketones is 1. The number of hydrogen-bond donors (Lipinski definition) is 2. The number of rotatable bonds is 2. The smallest absolute Gasteiger partial charge is 0.416 e. The maximum absolute atomic E-state index is 13.3. The summed E-state index contributed by atoms with van der Waals surface area (Å²) >= 11 is 0. The molecule has 0 amide bonds. The van der Waals surface area contributed by atoms with Gasteiger partial charge in [-0.3, -0.25) is 10.1 Å². The van der Waals surface area contributed by atoms with Crippen LogP contribution >= 0.6 is 0 Å². The van der Waals surface area contributed by atoms with Crippen LogP contribution in [0, 0.1) is 0 Å². The van der Waals surface area contributed by atoms with Gasteiger partial charge in [0.25, 0.3) is 0 Å². The van der Waals surface area contributed by atoms with Gasteiger partial charge in [-0.2, -0.15) is 18.2 Å². The Morgan fingerprint density at radius 2 is 2.00 bits per heavy atom. The average Bonchev–Trinajstić information content (AvgIpc) is 3.15. The highest BCUT2D eigenvalue weighted by molar-refractivity contribution is 6.03. The molecule has 0 radical (unpaired) electrons. The number of guanidine groups is 1. The van der Waals surface area contributed by atoms with Crippen molar-refractivity contribution in [3.8, 4) is 0 Å². The van der Waals surface area contributed by atoms with Crippen LogP contribution in [-0.4, -0.2) is 16.7 Å². The highest BCUT2D eigenvalue weighted by Gasteiger charge is 2.35. The molecule has 1 aromatic carbocycles. The van der Waals surface area contributed by atoms with E-state index in [0.29, 0.717) is 41.5 Å². The van der Waals surface area contributed by atoms with E-state index in [1.165, 1.54) is 6.07 Å². The fourth-order valence-electron chi connectivity index (χ4n) is 4.09. The zero-order valence-corrected chi connectivity index (χ0v) is 16.4. The van der Waals surface area contributed by atoms with E-state index in [1.54, 1.807) is 6.07 Å². The van der Waals surface area contributed by atoms with E-state index < -0.39 is 17.8 Å². The second kappa shape index (κ2) is 7.40. The number of halogens is 3. The Bertz CT molecular complexity index is 1210. The lowest BCUT2D eigenvalue weighted by Gasteiger charge is -2.30. The van der Waals surface area contributed by atoms with Gasteiger partial charge in [0.1, 0.15) is 11.4 Å². The summed E-state index contributed by atoms with van der Waals surface area (Å²) in [4.78, 5) is 21.6. The van der Waals surface area contributed by atoms with Gasteiger partial charge in [-0.25, -0.2) is 4.99 Å². The molecule has 1 aromatic heterocycles. The van der Waals surface area contributed by atoms with Gasteiger partial charge in [0.05, 0.1) is 5.56 Å². The van der Waals surface area contributed by atoms with Crippen LogP contribution in [0.1, 0.15) is 49.3 Å². The van der Waals surface area contributed by atoms with Gasteiger partial charge in [-0.1, -0.05) is 18.2 Å². The molecule has 3 aliphatic rings. The summed E-state index contributed by atoms with van der Waals surface area (Å²) in [6.45, 7) is 0. The van der Waals surface area contributed by atoms with E-state index in [1.807, 2.05) is 12.2 Å². The first-order valence-electron chi connectivity index (χ1n) is 10.1. The van der Waals surface area contributed by atoms with E-state index >= 15 is 0 Å². The molecule has 5 rings (SSSR count). The van der Waals surface area contributed by atoms with Crippen molar-refractivity contribution in [3.05, 3.63) is 57.4 Å². The molecule has 31 heavy (non-hydrogen) atoms. The summed E-state index contributed by atoms with van der Waals surface area (Å²) < 4.78 is 45.5. The van der Waals surface area contributed by atoms with Crippen LogP contribution in [0.5, 0.6) is 0 Å². The number of carbonyl (C=O) groups is 1. The number of carbonyl (C=O) groups excluding carboxylic acids is 1. The van der Waals surface area contributed by atoms with Crippen LogP contribution in [0.15, 0.2) is 44.9 Å². The lowest BCUT2D eigenvalue weighted by Crippen LogP contribution is -2.38. The SMILES string of the molecule is O=C1CCCC2=C1C(c1cccc(C(F)(F)F)c1)N=C(Nc1nc3c(o1)=CCCC=3)N2. The number of nitrogens with one attached hydrogen (secondary N) is 2. The molecule has 0 saturated carbocycles. The summed E-state index contributed by atoms with van der Waals surface area (Å²) in [5, 5.41) is 6.84. The summed E-state index contributed by atoms with van der Waals surface area (Å²) in [6, 6.07) is 4.36. The molecule has 2 aliphatic carbocycles. The van der Waals surface area contributed by atoms with Crippen molar-refractivity contribution in [1.82, 2.24) is 10.3 Å². The predicted octanol–water partition coefficient (Wildman–Crippen LogP) is 3.17. The summed E-state index contributed by atoms with van der Waals surface area (Å²) in [6.07, 6.45) is 2.84. The fraction of sp³-hybridized carbons (Fsp3) is 0.318. The Morgan fingerprint density at radius 1 is 1.16 bits per heavy atom. The maximum Gasteiger partial charge on any atom is 0.416 e. The van der Waals surface area contributed by atoms with Crippen LogP contribution in [0.25, 0.3) is 12.2 Å². The van der Waals surface area contributed by atoms with Crippen LogP contribution < -0.4 is 21.4 Å². The first-order chi connectivity index (χ1) is 14.9. The molecule has 0 spiro atoms. The van der Waals surface area contributed by atoms with Crippen LogP contribution in [-0.2, 0) is 11.0 Å². The maximum atomic E-state index is 13.3. The lowest BCUT2D eigenvalue weighted by molar-refractivity contribution is -0.137.